The fraction of sp³-hybridized carbons (Fsp3) is 0.400. The lowest BCUT2D eigenvalue weighted by Gasteiger charge is -2.22. The minimum atomic E-state index is -0.358. The van der Waals surface area contributed by atoms with Crippen molar-refractivity contribution in [2.45, 2.75) is 51.5 Å². The van der Waals surface area contributed by atoms with Gasteiger partial charge in [0.15, 0.2) is 0 Å². The van der Waals surface area contributed by atoms with Crippen LogP contribution in [0.5, 0.6) is 0 Å². The van der Waals surface area contributed by atoms with Crippen molar-refractivity contribution in [1.82, 2.24) is 5.32 Å². The van der Waals surface area contributed by atoms with E-state index in [1.54, 1.807) is 48.5 Å². The number of hydrogen-bond donors (Lipinski definition) is 3. The van der Waals surface area contributed by atoms with Gasteiger partial charge in [-0.1, -0.05) is 32.3 Å². The maximum Gasteiger partial charge on any atom is 0.338 e. The maximum absolute atomic E-state index is 12.5. The predicted octanol–water partition coefficient (Wildman–Crippen LogP) is 4.37. The fourth-order valence-electron chi connectivity index (χ4n) is 3.64. The molecule has 0 spiro atoms. The second-order valence-electron chi connectivity index (χ2n) is 8.00. The summed E-state index contributed by atoms with van der Waals surface area (Å²) in [7, 11) is 0. The van der Waals surface area contributed by atoms with Gasteiger partial charge in [-0.3, -0.25) is 9.59 Å². The van der Waals surface area contributed by atoms with Gasteiger partial charge in [-0.15, -0.1) is 0 Å². The molecule has 0 aromatic heterocycles. The minimum absolute atomic E-state index is 0.0537. The molecule has 2 amide bonds. The lowest BCUT2D eigenvalue weighted by molar-refractivity contribution is -0.114. The molecule has 170 valence electrons. The Morgan fingerprint density at radius 3 is 2.41 bits per heavy atom. The van der Waals surface area contributed by atoms with Crippen LogP contribution in [-0.4, -0.2) is 37.0 Å². The lowest BCUT2D eigenvalue weighted by Crippen LogP contribution is -2.36. The van der Waals surface area contributed by atoms with Gasteiger partial charge in [0.05, 0.1) is 18.7 Å². The predicted molar refractivity (Wildman–Crippen MR) is 125 cm³/mol. The number of carbonyl (C=O) groups excluding carboxylic acids is 3. The van der Waals surface area contributed by atoms with Crippen LogP contribution >= 0.6 is 0 Å². The molecule has 32 heavy (non-hydrogen) atoms. The molecule has 0 heterocycles. The second-order valence-corrected chi connectivity index (χ2v) is 8.00. The molecule has 1 fully saturated rings. The monoisotopic (exact) mass is 437 g/mol. The van der Waals surface area contributed by atoms with Crippen LogP contribution in [0.4, 0.5) is 11.4 Å². The molecule has 1 aliphatic carbocycles. The van der Waals surface area contributed by atoms with Crippen molar-refractivity contribution >= 4 is 29.2 Å². The summed E-state index contributed by atoms with van der Waals surface area (Å²) >= 11 is 0. The fourth-order valence-corrected chi connectivity index (χ4v) is 3.64. The third kappa shape index (κ3) is 7.11. The van der Waals surface area contributed by atoms with E-state index in [9.17, 15) is 14.4 Å². The summed E-state index contributed by atoms with van der Waals surface area (Å²) in [5.41, 5.74) is 2.29. The van der Waals surface area contributed by atoms with E-state index < -0.39 is 0 Å². The number of nitrogens with one attached hydrogen (secondary N) is 3. The quantitative estimate of drug-likeness (QED) is 0.506. The van der Waals surface area contributed by atoms with Crippen molar-refractivity contribution in [3.8, 4) is 0 Å². The van der Waals surface area contributed by atoms with Crippen molar-refractivity contribution in [1.29, 1.82) is 0 Å². The highest BCUT2D eigenvalue weighted by atomic mass is 16.5. The summed E-state index contributed by atoms with van der Waals surface area (Å²) < 4.78 is 5.10. The van der Waals surface area contributed by atoms with E-state index in [2.05, 4.69) is 16.0 Å². The second kappa shape index (κ2) is 11.9. The molecule has 1 aliphatic rings. The molecule has 3 rings (SSSR count). The first-order valence-corrected chi connectivity index (χ1v) is 11.3. The number of anilines is 2. The average molecular weight is 438 g/mol. The van der Waals surface area contributed by atoms with Crippen molar-refractivity contribution in [2.24, 2.45) is 0 Å². The van der Waals surface area contributed by atoms with Gasteiger partial charge in [-0.25, -0.2) is 4.79 Å². The SMILES string of the molecule is CCCOC(=O)c1ccc(NCC(=O)Nc2cccc(C(=O)NC3CCCCC3)c2)cc1. The van der Waals surface area contributed by atoms with Crippen molar-refractivity contribution in [3.63, 3.8) is 0 Å². The normalized spacial score (nSPS) is 13.8. The number of benzene rings is 2. The van der Waals surface area contributed by atoms with Gasteiger partial charge in [0.25, 0.3) is 5.91 Å². The number of ether oxygens (including phenoxy) is 1. The van der Waals surface area contributed by atoms with Gasteiger partial charge < -0.3 is 20.7 Å². The average Bonchev–Trinajstić information content (AvgIpc) is 2.82. The standard InChI is InChI=1S/C25H31N3O4/c1-2-15-32-25(31)18-11-13-20(14-12-18)26-17-23(29)27-22-10-6-7-19(16-22)24(30)28-21-8-4-3-5-9-21/h6-7,10-14,16,21,26H,2-5,8-9,15,17H2,1H3,(H,27,29)(H,28,30). The topological polar surface area (TPSA) is 96.5 Å². The highest BCUT2D eigenvalue weighted by Crippen LogP contribution is 2.18. The Morgan fingerprint density at radius 1 is 0.938 bits per heavy atom. The van der Waals surface area contributed by atoms with E-state index in [0.29, 0.717) is 29.1 Å². The summed E-state index contributed by atoms with van der Waals surface area (Å²) in [5.74, 6) is -0.700. The zero-order valence-corrected chi connectivity index (χ0v) is 18.5. The Kier molecular flexibility index (Phi) is 8.66. The van der Waals surface area contributed by atoms with Crippen LogP contribution in [0.25, 0.3) is 0 Å². The Balaban J connectivity index is 1.48. The smallest absolute Gasteiger partial charge is 0.338 e. The third-order valence-electron chi connectivity index (χ3n) is 5.36. The highest BCUT2D eigenvalue weighted by molar-refractivity contribution is 5.98. The van der Waals surface area contributed by atoms with Crippen LogP contribution in [0.3, 0.4) is 0 Å². The van der Waals surface area contributed by atoms with Gasteiger partial charge in [0.2, 0.25) is 5.91 Å². The van der Waals surface area contributed by atoms with Crippen molar-refractivity contribution in [2.75, 3.05) is 23.8 Å². The van der Waals surface area contributed by atoms with E-state index in [-0.39, 0.29) is 30.4 Å². The van der Waals surface area contributed by atoms with Crippen LogP contribution in [0.15, 0.2) is 48.5 Å². The van der Waals surface area contributed by atoms with Gasteiger partial charge in [-0.2, -0.15) is 0 Å². The summed E-state index contributed by atoms with van der Waals surface area (Å²) in [6.07, 6.45) is 6.36. The molecule has 7 heteroatoms. The van der Waals surface area contributed by atoms with E-state index in [0.717, 1.165) is 32.1 Å². The first kappa shape index (κ1) is 23.3. The summed E-state index contributed by atoms with van der Waals surface area (Å²) in [6.45, 7) is 2.38. The Bertz CT molecular complexity index is 921. The lowest BCUT2D eigenvalue weighted by atomic mass is 9.95. The highest BCUT2D eigenvalue weighted by Gasteiger charge is 2.17. The van der Waals surface area contributed by atoms with Gasteiger partial charge in [0.1, 0.15) is 0 Å². The summed E-state index contributed by atoms with van der Waals surface area (Å²) in [5, 5.41) is 8.92. The van der Waals surface area contributed by atoms with Crippen LogP contribution in [0.2, 0.25) is 0 Å². The number of esters is 1. The molecule has 0 aliphatic heterocycles. The number of carbonyl (C=O) groups is 3. The number of hydrogen-bond acceptors (Lipinski definition) is 5. The van der Waals surface area contributed by atoms with E-state index in [4.69, 9.17) is 4.74 Å². The minimum Gasteiger partial charge on any atom is -0.462 e. The van der Waals surface area contributed by atoms with E-state index in [1.807, 2.05) is 6.92 Å². The zero-order chi connectivity index (χ0) is 22.8. The van der Waals surface area contributed by atoms with Gasteiger partial charge in [-0.05, 0) is 61.7 Å². The molecule has 0 bridgehead atoms. The molecule has 3 N–H and O–H groups in total. The van der Waals surface area contributed by atoms with Crippen molar-refractivity contribution in [3.05, 3.63) is 59.7 Å². The first-order valence-electron chi connectivity index (χ1n) is 11.3. The van der Waals surface area contributed by atoms with Crippen molar-refractivity contribution < 1.29 is 19.1 Å². The van der Waals surface area contributed by atoms with E-state index >= 15 is 0 Å². The molecule has 2 aromatic rings. The summed E-state index contributed by atoms with van der Waals surface area (Å²) in [6, 6.07) is 14.0. The molecular formula is C25H31N3O4. The molecule has 0 unspecified atom stereocenters. The molecule has 0 radical (unpaired) electrons. The number of amides is 2. The molecule has 0 saturated heterocycles. The molecule has 7 nitrogen and oxygen atoms in total. The van der Waals surface area contributed by atoms with Gasteiger partial charge in [0, 0.05) is 23.0 Å². The summed E-state index contributed by atoms with van der Waals surface area (Å²) in [4.78, 5) is 36.7. The Morgan fingerprint density at radius 2 is 1.69 bits per heavy atom. The van der Waals surface area contributed by atoms with Crippen LogP contribution < -0.4 is 16.0 Å². The molecular weight excluding hydrogens is 406 g/mol. The molecule has 1 saturated carbocycles. The molecule has 0 atom stereocenters. The molecule has 2 aromatic carbocycles. The van der Waals surface area contributed by atoms with Crippen LogP contribution in [-0.2, 0) is 9.53 Å². The third-order valence-corrected chi connectivity index (χ3v) is 5.36. The van der Waals surface area contributed by atoms with E-state index in [1.165, 1.54) is 6.42 Å². The number of rotatable bonds is 9. The largest absolute Gasteiger partial charge is 0.462 e. The maximum atomic E-state index is 12.5. The van der Waals surface area contributed by atoms with Crippen LogP contribution in [0, 0.1) is 0 Å². The van der Waals surface area contributed by atoms with Crippen LogP contribution in [0.1, 0.15) is 66.2 Å². The Labute approximate surface area is 188 Å². The first-order chi connectivity index (χ1) is 15.5. The van der Waals surface area contributed by atoms with Gasteiger partial charge >= 0.3 is 5.97 Å². The Hall–Kier alpha value is -3.35. The zero-order valence-electron chi connectivity index (χ0n) is 18.5.